The van der Waals surface area contributed by atoms with Crippen LogP contribution in [0, 0.1) is 6.92 Å². The summed E-state index contributed by atoms with van der Waals surface area (Å²) in [6.07, 6.45) is 0.700. The summed E-state index contributed by atoms with van der Waals surface area (Å²) >= 11 is 0. The number of aromatic nitrogens is 2. The third-order valence-corrected chi connectivity index (χ3v) is 2.54. The van der Waals surface area contributed by atoms with Crippen molar-refractivity contribution in [3.05, 3.63) is 41.5 Å². The molecule has 94 valence electrons. The number of carbonyl (C=O) groups excluding carboxylic acids is 1. The van der Waals surface area contributed by atoms with Crippen LogP contribution < -0.4 is 5.32 Å². The molecule has 0 aliphatic rings. The fraction of sp³-hybridized carbons (Fsp3) is 0.308. The molecule has 1 aromatic carbocycles. The minimum atomic E-state index is 0.0730. The third-order valence-electron chi connectivity index (χ3n) is 2.54. The third kappa shape index (κ3) is 3.16. The maximum absolute atomic E-state index is 11.1. The van der Waals surface area contributed by atoms with Crippen molar-refractivity contribution in [2.45, 2.75) is 20.3 Å². The Morgan fingerprint density at radius 1 is 1.33 bits per heavy atom. The maximum Gasteiger partial charge on any atom is 0.223 e. The number of hydrogen-bond acceptors (Lipinski definition) is 5. The van der Waals surface area contributed by atoms with Crippen LogP contribution in [0.15, 0.2) is 28.8 Å². The first-order valence-corrected chi connectivity index (χ1v) is 5.79. The second-order valence-corrected chi connectivity index (χ2v) is 4.04. The van der Waals surface area contributed by atoms with Crippen molar-refractivity contribution >= 4 is 11.5 Å². The van der Waals surface area contributed by atoms with Crippen molar-refractivity contribution in [3.8, 4) is 0 Å². The van der Waals surface area contributed by atoms with Crippen molar-refractivity contribution < 1.29 is 9.32 Å². The zero-order valence-corrected chi connectivity index (χ0v) is 10.4. The molecule has 0 radical (unpaired) electrons. The largest absolute Gasteiger partial charge is 0.385 e. The monoisotopic (exact) mass is 245 g/mol. The van der Waals surface area contributed by atoms with E-state index in [4.69, 9.17) is 4.52 Å². The van der Waals surface area contributed by atoms with E-state index in [0.717, 1.165) is 12.2 Å². The lowest BCUT2D eigenvalue weighted by atomic mass is 10.1. The van der Waals surface area contributed by atoms with E-state index >= 15 is 0 Å². The molecule has 1 N–H and O–H groups in total. The van der Waals surface area contributed by atoms with Crippen molar-refractivity contribution in [2.24, 2.45) is 0 Å². The molecule has 1 heterocycles. The number of anilines is 1. The zero-order valence-electron chi connectivity index (χ0n) is 10.4. The van der Waals surface area contributed by atoms with Gasteiger partial charge in [-0.1, -0.05) is 5.16 Å². The van der Waals surface area contributed by atoms with Gasteiger partial charge in [-0.05, 0) is 31.2 Å². The van der Waals surface area contributed by atoms with E-state index in [0.29, 0.717) is 23.7 Å². The first kappa shape index (κ1) is 12.3. The average Bonchev–Trinajstić information content (AvgIpc) is 2.76. The van der Waals surface area contributed by atoms with E-state index in [1.807, 2.05) is 24.3 Å². The van der Waals surface area contributed by atoms with Crippen LogP contribution in [-0.4, -0.2) is 22.5 Å². The summed E-state index contributed by atoms with van der Waals surface area (Å²) in [5, 5.41) is 7.05. The molecule has 0 amide bonds. The van der Waals surface area contributed by atoms with Gasteiger partial charge in [-0.2, -0.15) is 4.98 Å². The number of nitrogens with zero attached hydrogens (tertiary/aromatic N) is 2. The van der Waals surface area contributed by atoms with Crippen LogP contribution >= 0.6 is 0 Å². The normalized spacial score (nSPS) is 10.3. The maximum atomic E-state index is 11.1. The molecule has 1 aromatic heterocycles. The molecule has 0 spiro atoms. The highest BCUT2D eigenvalue weighted by atomic mass is 16.5. The molecule has 0 atom stereocenters. The predicted molar refractivity (Wildman–Crippen MR) is 67.7 cm³/mol. The van der Waals surface area contributed by atoms with Gasteiger partial charge < -0.3 is 9.84 Å². The topological polar surface area (TPSA) is 68.0 Å². The van der Waals surface area contributed by atoms with Gasteiger partial charge in [0.25, 0.3) is 0 Å². The minimum absolute atomic E-state index is 0.0730. The molecule has 0 aliphatic carbocycles. The van der Waals surface area contributed by atoms with E-state index in [1.54, 1.807) is 13.8 Å². The van der Waals surface area contributed by atoms with E-state index in [9.17, 15) is 4.79 Å². The number of rotatable bonds is 5. The number of ketones is 1. The Morgan fingerprint density at radius 3 is 2.61 bits per heavy atom. The van der Waals surface area contributed by atoms with Gasteiger partial charge in [0.05, 0.1) is 0 Å². The van der Waals surface area contributed by atoms with Gasteiger partial charge in [-0.25, -0.2) is 0 Å². The Bertz CT molecular complexity index is 531. The number of carbonyl (C=O) groups is 1. The lowest BCUT2D eigenvalue weighted by Gasteiger charge is -2.04. The number of hydrogen-bond donors (Lipinski definition) is 1. The molecular weight excluding hydrogens is 230 g/mol. The van der Waals surface area contributed by atoms with Gasteiger partial charge in [0.1, 0.15) is 0 Å². The SMILES string of the molecule is CC(=O)c1ccc(NCCc2noc(C)n2)cc1. The molecular formula is C13H15N3O2. The van der Waals surface area contributed by atoms with Crippen LogP contribution in [0.4, 0.5) is 5.69 Å². The summed E-state index contributed by atoms with van der Waals surface area (Å²) in [5.41, 5.74) is 1.69. The summed E-state index contributed by atoms with van der Waals surface area (Å²) in [6.45, 7) is 4.05. The van der Waals surface area contributed by atoms with Gasteiger partial charge in [-0.15, -0.1) is 0 Å². The Hall–Kier alpha value is -2.17. The number of benzene rings is 1. The summed E-state index contributed by atoms with van der Waals surface area (Å²) in [5.74, 6) is 1.35. The fourth-order valence-electron chi connectivity index (χ4n) is 1.58. The van der Waals surface area contributed by atoms with Crippen molar-refractivity contribution in [2.75, 3.05) is 11.9 Å². The van der Waals surface area contributed by atoms with Crippen molar-refractivity contribution in [1.29, 1.82) is 0 Å². The van der Waals surface area contributed by atoms with Crippen LogP contribution in [0.2, 0.25) is 0 Å². The Kier molecular flexibility index (Phi) is 3.72. The van der Waals surface area contributed by atoms with Crippen LogP contribution in [0.1, 0.15) is 29.0 Å². The fourth-order valence-corrected chi connectivity index (χ4v) is 1.58. The number of nitrogens with one attached hydrogen (secondary N) is 1. The van der Waals surface area contributed by atoms with E-state index < -0.39 is 0 Å². The number of Topliss-reactive ketones (excluding diaryl/α,β-unsaturated/α-hetero) is 1. The Morgan fingerprint density at radius 2 is 2.06 bits per heavy atom. The van der Waals surface area contributed by atoms with Crippen molar-refractivity contribution in [1.82, 2.24) is 10.1 Å². The molecule has 2 aromatic rings. The highest BCUT2D eigenvalue weighted by molar-refractivity contribution is 5.94. The second-order valence-electron chi connectivity index (χ2n) is 4.04. The molecule has 0 saturated heterocycles. The van der Waals surface area contributed by atoms with E-state index in [2.05, 4.69) is 15.5 Å². The van der Waals surface area contributed by atoms with Crippen LogP contribution in [0.3, 0.4) is 0 Å². The molecule has 0 bridgehead atoms. The smallest absolute Gasteiger partial charge is 0.223 e. The molecule has 0 aliphatic heterocycles. The zero-order chi connectivity index (χ0) is 13.0. The molecule has 2 rings (SSSR count). The molecule has 0 saturated carbocycles. The quantitative estimate of drug-likeness (QED) is 0.818. The molecule has 0 fully saturated rings. The van der Waals surface area contributed by atoms with Gasteiger partial charge >= 0.3 is 0 Å². The van der Waals surface area contributed by atoms with Crippen LogP contribution in [0.25, 0.3) is 0 Å². The van der Waals surface area contributed by atoms with Gasteiger partial charge in [0, 0.05) is 31.1 Å². The number of aryl methyl sites for hydroxylation is 1. The van der Waals surface area contributed by atoms with Gasteiger partial charge in [0.15, 0.2) is 11.6 Å². The first-order valence-electron chi connectivity index (χ1n) is 5.79. The molecule has 5 heteroatoms. The van der Waals surface area contributed by atoms with Crippen LogP contribution in [0.5, 0.6) is 0 Å². The standard InChI is InChI=1S/C13H15N3O2/c1-9(17)11-3-5-12(6-4-11)14-8-7-13-15-10(2)18-16-13/h3-6,14H,7-8H2,1-2H3. The molecule has 18 heavy (non-hydrogen) atoms. The first-order chi connectivity index (χ1) is 8.65. The molecule has 0 unspecified atom stereocenters. The Labute approximate surface area is 105 Å². The average molecular weight is 245 g/mol. The summed E-state index contributed by atoms with van der Waals surface area (Å²) in [6, 6.07) is 7.39. The summed E-state index contributed by atoms with van der Waals surface area (Å²) in [4.78, 5) is 15.2. The highest BCUT2D eigenvalue weighted by Crippen LogP contribution is 2.10. The predicted octanol–water partition coefficient (Wildman–Crippen LogP) is 2.24. The van der Waals surface area contributed by atoms with Gasteiger partial charge in [0.2, 0.25) is 5.89 Å². The lowest BCUT2D eigenvalue weighted by molar-refractivity contribution is 0.101. The molecule has 5 nitrogen and oxygen atoms in total. The minimum Gasteiger partial charge on any atom is -0.385 e. The lowest BCUT2D eigenvalue weighted by Crippen LogP contribution is -2.06. The summed E-state index contributed by atoms with van der Waals surface area (Å²) < 4.78 is 4.88. The summed E-state index contributed by atoms with van der Waals surface area (Å²) in [7, 11) is 0. The van der Waals surface area contributed by atoms with E-state index in [-0.39, 0.29) is 5.78 Å². The van der Waals surface area contributed by atoms with Crippen LogP contribution in [-0.2, 0) is 6.42 Å². The Balaban J connectivity index is 1.85. The van der Waals surface area contributed by atoms with E-state index in [1.165, 1.54) is 0 Å². The second kappa shape index (κ2) is 5.44. The highest BCUT2D eigenvalue weighted by Gasteiger charge is 2.02. The van der Waals surface area contributed by atoms with Gasteiger partial charge in [-0.3, -0.25) is 4.79 Å². The van der Waals surface area contributed by atoms with Crippen molar-refractivity contribution in [3.63, 3.8) is 0 Å².